The molecule has 4 rings (SSSR count). The lowest BCUT2D eigenvalue weighted by atomic mass is 10.0. The Hall–Kier alpha value is -1.57. The van der Waals surface area contributed by atoms with E-state index >= 15 is 0 Å². The van der Waals surface area contributed by atoms with E-state index < -0.39 is 0 Å². The summed E-state index contributed by atoms with van der Waals surface area (Å²) in [4.78, 5) is 7.42. The number of thiazole rings is 1. The summed E-state index contributed by atoms with van der Waals surface area (Å²) in [5.41, 5.74) is 1.11. The van der Waals surface area contributed by atoms with Gasteiger partial charge in [0, 0.05) is 13.1 Å². The fourth-order valence-electron chi connectivity index (χ4n) is 3.80. The van der Waals surface area contributed by atoms with Gasteiger partial charge >= 0.3 is 0 Å². The van der Waals surface area contributed by atoms with Crippen LogP contribution in [0, 0.1) is 4.77 Å². The van der Waals surface area contributed by atoms with Crippen LogP contribution < -0.4 is 0 Å². The van der Waals surface area contributed by atoms with Gasteiger partial charge in [-0.15, -0.1) is 11.3 Å². The Labute approximate surface area is 169 Å². The largest absolute Gasteiger partial charge is 0.307 e. The monoisotopic (exact) mass is 401 g/mol. The van der Waals surface area contributed by atoms with Gasteiger partial charge in [-0.25, -0.2) is 9.67 Å². The molecule has 2 aromatic heterocycles. The number of likely N-dealkylation sites (tertiary alicyclic amines) is 1. The van der Waals surface area contributed by atoms with E-state index in [-0.39, 0.29) is 0 Å². The van der Waals surface area contributed by atoms with Crippen LogP contribution in [0.25, 0.3) is 10.2 Å². The second-order valence-electron chi connectivity index (χ2n) is 7.30. The Balaban J connectivity index is 1.52. The zero-order valence-electron chi connectivity index (χ0n) is 15.9. The number of para-hydroxylation sites is 1. The summed E-state index contributed by atoms with van der Waals surface area (Å²) in [6.07, 6.45) is 9.16. The number of hydrogen-bond acceptors (Lipinski definition) is 5. The number of fused-ring (bicyclic) bond motifs is 1. The maximum absolute atomic E-state index is 5.67. The van der Waals surface area contributed by atoms with Gasteiger partial charge < -0.3 is 4.57 Å². The summed E-state index contributed by atoms with van der Waals surface area (Å²) in [7, 11) is 0. The highest BCUT2D eigenvalue weighted by Gasteiger charge is 2.27. The van der Waals surface area contributed by atoms with Crippen LogP contribution in [0.15, 0.2) is 30.6 Å². The van der Waals surface area contributed by atoms with E-state index in [0.717, 1.165) is 42.9 Å². The summed E-state index contributed by atoms with van der Waals surface area (Å²) >= 11 is 7.50. The zero-order chi connectivity index (χ0) is 18.6. The Bertz CT molecular complexity index is 908. The van der Waals surface area contributed by atoms with Crippen molar-refractivity contribution in [2.45, 2.75) is 64.7 Å². The number of nitrogens with zero attached hydrogens (tertiary/aromatic N) is 5. The molecule has 1 aliphatic rings. The lowest BCUT2D eigenvalue weighted by Crippen LogP contribution is -2.35. The van der Waals surface area contributed by atoms with Crippen LogP contribution in [-0.4, -0.2) is 30.8 Å². The maximum atomic E-state index is 5.67. The molecule has 0 bridgehead atoms. The SMILES string of the molecule is CCCCCn1cnn(CN2CCCC[C@H]2c2nc3ccccc3s2)c1=S. The first-order chi connectivity index (χ1) is 13.3. The molecule has 0 radical (unpaired) electrons. The molecule has 144 valence electrons. The predicted octanol–water partition coefficient (Wildman–Crippen LogP) is 5.40. The van der Waals surface area contributed by atoms with Crippen molar-refractivity contribution in [2.24, 2.45) is 0 Å². The van der Waals surface area contributed by atoms with Gasteiger partial charge in [0.25, 0.3) is 0 Å². The fourth-order valence-corrected chi connectivity index (χ4v) is 5.18. The molecule has 3 aromatic rings. The number of piperidine rings is 1. The summed E-state index contributed by atoms with van der Waals surface area (Å²) in [6.45, 7) is 5.01. The zero-order valence-corrected chi connectivity index (χ0v) is 17.5. The third-order valence-corrected chi connectivity index (χ3v) is 6.91. The third-order valence-electron chi connectivity index (χ3n) is 5.32. The molecule has 5 nitrogen and oxygen atoms in total. The topological polar surface area (TPSA) is 38.9 Å². The molecule has 0 spiro atoms. The molecular weight excluding hydrogens is 374 g/mol. The molecule has 0 saturated carbocycles. The van der Waals surface area contributed by atoms with Gasteiger partial charge in [-0.2, -0.15) is 5.10 Å². The fraction of sp³-hybridized carbons (Fsp3) is 0.550. The number of benzene rings is 1. The van der Waals surface area contributed by atoms with Crippen molar-refractivity contribution in [3.05, 3.63) is 40.4 Å². The minimum atomic E-state index is 0.364. The predicted molar refractivity (Wildman–Crippen MR) is 113 cm³/mol. The smallest absolute Gasteiger partial charge is 0.198 e. The lowest BCUT2D eigenvalue weighted by molar-refractivity contribution is 0.103. The molecule has 1 saturated heterocycles. The van der Waals surface area contributed by atoms with Gasteiger partial charge in [0.1, 0.15) is 11.3 Å². The quantitative estimate of drug-likeness (QED) is 0.392. The van der Waals surface area contributed by atoms with E-state index in [9.17, 15) is 0 Å². The second-order valence-corrected chi connectivity index (χ2v) is 8.73. The molecule has 0 aliphatic carbocycles. The minimum Gasteiger partial charge on any atom is -0.307 e. The Kier molecular flexibility index (Phi) is 6.00. The van der Waals surface area contributed by atoms with Gasteiger partial charge in [0.05, 0.1) is 22.9 Å². The van der Waals surface area contributed by atoms with Gasteiger partial charge in [0.15, 0.2) is 4.77 Å². The first-order valence-corrected chi connectivity index (χ1v) is 11.2. The minimum absolute atomic E-state index is 0.364. The Morgan fingerprint density at radius 2 is 2.11 bits per heavy atom. The lowest BCUT2D eigenvalue weighted by Gasteiger charge is -2.34. The molecule has 1 aliphatic heterocycles. The molecule has 7 heteroatoms. The number of rotatable bonds is 7. The van der Waals surface area contributed by atoms with E-state index in [1.54, 1.807) is 0 Å². The van der Waals surface area contributed by atoms with Crippen LogP contribution in [0.5, 0.6) is 0 Å². The summed E-state index contributed by atoms with van der Waals surface area (Å²) in [5, 5.41) is 5.80. The van der Waals surface area contributed by atoms with Crippen LogP contribution in [-0.2, 0) is 13.2 Å². The first-order valence-electron chi connectivity index (χ1n) is 9.98. The van der Waals surface area contributed by atoms with Crippen molar-refractivity contribution >= 4 is 33.8 Å². The molecule has 1 atom stereocenters. The first kappa shape index (κ1) is 18.8. The van der Waals surface area contributed by atoms with Crippen LogP contribution in [0.1, 0.15) is 56.5 Å². The normalized spacial score (nSPS) is 18.3. The molecule has 1 aromatic carbocycles. The van der Waals surface area contributed by atoms with Crippen molar-refractivity contribution in [1.82, 2.24) is 24.2 Å². The third kappa shape index (κ3) is 4.15. The van der Waals surface area contributed by atoms with Gasteiger partial charge in [-0.05, 0) is 43.6 Å². The van der Waals surface area contributed by atoms with Crippen LogP contribution in [0.3, 0.4) is 0 Å². The van der Waals surface area contributed by atoms with E-state index in [1.807, 2.05) is 22.3 Å². The van der Waals surface area contributed by atoms with Crippen LogP contribution in [0.4, 0.5) is 0 Å². The standard InChI is InChI=1S/C20H27N5S2/c1-2-3-7-12-23-14-21-25(20(23)26)15-24-13-8-6-10-17(24)19-22-16-9-4-5-11-18(16)27-19/h4-5,9,11,14,17H,2-3,6-8,10,12-13,15H2,1H3/t17-/m0/s1. The number of hydrogen-bond donors (Lipinski definition) is 0. The van der Waals surface area contributed by atoms with E-state index in [0.29, 0.717) is 6.04 Å². The summed E-state index contributed by atoms with van der Waals surface area (Å²) in [5.74, 6) is 0. The highest BCUT2D eigenvalue weighted by molar-refractivity contribution is 7.71. The Morgan fingerprint density at radius 3 is 2.96 bits per heavy atom. The highest BCUT2D eigenvalue weighted by Crippen LogP contribution is 2.35. The average Bonchev–Trinajstić information content (AvgIpc) is 3.27. The van der Waals surface area contributed by atoms with Gasteiger partial charge in [-0.1, -0.05) is 38.3 Å². The van der Waals surface area contributed by atoms with Crippen LogP contribution >= 0.6 is 23.6 Å². The van der Waals surface area contributed by atoms with Crippen molar-refractivity contribution < 1.29 is 0 Å². The van der Waals surface area contributed by atoms with Crippen molar-refractivity contribution in [2.75, 3.05) is 6.54 Å². The van der Waals surface area contributed by atoms with E-state index in [1.165, 1.54) is 35.4 Å². The number of aryl methyl sites for hydroxylation is 1. The van der Waals surface area contributed by atoms with Crippen molar-refractivity contribution in [1.29, 1.82) is 0 Å². The van der Waals surface area contributed by atoms with Crippen molar-refractivity contribution in [3.8, 4) is 0 Å². The summed E-state index contributed by atoms with van der Waals surface area (Å²) in [6, 6.07) is 8.79. The average molecular weight is 402 g/mol. The molecular formula is C20H27N5S2. The van der Waals surface area contributed by atoms with Gasteiger partial charge in [0.2, 0.25) is 0 Å². The van der Waals surface area contributed by atoms with Gasteiger partial charge in [-0.3, -0.25) is 4.90 Å². The summed E-state index contributed by atoms with van der Waals surface area (Å²) < 4.78 is 6.20. The molecule has 1 fully saturated rings. The number of unbranched alkanes of at least 4 members (excludes halogenated alkanes) is 2. The molecule has 0 unspecified atom stereocenters. The van der Waals surface area contributed by atoms with Crippen LogP contribution in [0.2, 0.25) is 0 Å². The highest BCUT2D eigenvalue weighted by atomic mass is 32.1. The number of aromatic nitrogens is 4. The molecule has 0 N–H and O–H groups in total. The molecule has 3 heterocycles. The molecule has 0 amide bonds. The van der Waals surface area contributed by atoms with E-state index in [2.05, 4.69) is 45.8 Å². The molecule has 27 heavy (non-hydrogen) atoms. The Morgan fingerprint density at radius 1 is 1.22 bits per heavy atom. The second kappa shape index (κ2) is 8.63. The maximum Gasteiger partial charge on any atom is 0.198 e. The van der Waals surface area contributed by atoms with Crippen molar-refractivity contribution in [3.63, 3.8) is 0 Å². The van der Waals surface area contributed by atoms with E-state index in [4.69, 9.17) is 17.2 Å².